The SMILES string of the molecule is C=CC1=C(SC)c2sccc2C(=O)C1=O. The highest BCUT2D eigenvalue weighted by atomic mass is 32.2. The highest BCUT2D eigenvalue weighted by Crippen LogP contribution is 2.39. The molecule has 0 radical (unpaired) electrons. The standard InChI is InChI=1S/C11H8O2S2/c1-3-6-8(12)9(13)7-4-5-15-11(7)10(6)14-2/h3-5H,1H2,2H3. The molecule has 1 aliphatic rings. The lowest BCUT2D eigenvalue weighted by atomic mass is 9.95. The highest BCUT2D eigenvalue weighted by molar-refractivity contribution is 8.08. The van der Waals surface area contributed by atoms with Gasteiger partial charge in [-0.2, -0.15) is 0 Å². The summed E-state index contributed by atoms with van der Waals surface area (Å²) in [5, 5.41) is 1.83. The number of carbonyl (C=O) groups excluding carboxylic acids is 2. The van der Waals surface area contributed by atoms with Crippen LogP contribution in [-0.4, -0.2) is 17.8 Å². The van der Waals surface area contributed by atoms with Crippen LogP contribution in [0.4, 0.5) is 0 Å². The molecule has 0 saturated carbocycles. The van der Waals surface area contributed by atoms with E-state index in [9.17, 15) is 9.59 Å². The van der Waals surface area contributed by atoms with E-state index in [4.69, 9.17) is 0 Å². The minimum atomic E-state index is -0.444. The summed E-state index contributed by atoms with van der Waals surface area (Å²) < 4.78 is 0. The molecule has 0 saturated heterocycles. The van der Waals surface area contributed by atoms with Crippen molar-refractivity contribution in [2.24, 2.45) is 0 Å². The van der Waals surface area contributed by atoms with E-state index >= 15 is 0 Å². The van der Waals surface area contributed by atoms with Crippen molar-refractivity contribution in [3.05, 3.63) is 40.1 Å². The van der Waals surface area contributed by atoms with Gasteiger partial charge in [0.2, 0.25) is 11.6 Å². The average Bonchev–Trinajstić information content (AvgIpc) is 2.71. The average molecular weight is 236 g/mol. The Labute approximate surface area is 95.7 Å². The number of carbonyl (C=O) groups is 2. The Morgan fingerprint density at radius 3 is 2.73 bits per heavy atom. The molecule has 1 aliphatic carbocycles. The van der Waals surface area contributed by atoms with Gasteiger partial charge in [-0.05, 0) is 17.7 Å². The summed E-state index contributed by atoms with van der Waals surface area (Å²) >= 11 is 2.96. The van der Waals surface area contributed by atoms with Gasteiger partial charge in [-0.3, -0.25) is 9.59 Å². The molecule has 0 N–H and O–H groups in total. The number of thioether (sulfide) groups is 1. The van der Waals surface area contributed by atoms with Crippen molar-refractivity contribution in [3.8, 4) is 0 Å². The van der Waals surface area contributed by atoms with Crippen molar-refractivity contribution in [1.29, 1.82) is 0 Å². The fourth-order valence-corrected chi connectivity index (χ4v) is 3.45. The van der Waals surface area contributed by atoms with Crippen molar-refractivity contribution >= 4 is 39.6 Å². The van der Waals surface area contributed by atoms with E-state index in [0.29, 0.717) is 11.1 Å². The number of hydrogen-bond donors (Lipinski definition) is 0. The molecule has 0 amide bonds. The van der Waals surface area contributed by atoms with E-state index in [1.54, 1.807) is 6.07 Å². The third-order valence-electron chi connectivity index (χ3n) is 2.22. The molecule has 1 heterocycles. The molecule has 0 aromatic carbocycles. The molecule has 0 fully saturated rings. The number of hydrogen-bond acceptors (Lipinski definition) is 4. The molecule has 76 valence electrons. The quantitative estimate of drug-likeness (QED) is 0.740. The number of ketones is 2. The van der Waals surface area contributed by atoms with Gasteiger partial charge < -0.3 is 0 Å². The van der Waals surface area contributed by atoms with Crippen LogP contribution in [0.2, 0.25) is 0 Å². The molecule has 0 spiro atoms. The zero-order chi connectivity index (χ0) is 11.0. The summed E-state index contributed by atoms with van der Waals surface area (Å²) in [5.41, 5.74) is 0.961. The molecular formula is C11H8O2S2. The van der Waals surface area contributed by atoms with Gasteiger partial charge in [0.15, 0.2) is 0 Å². The predicted octanol–water partition coefficient (Wildman–Crippen LogP) is 2.77. The molecule has 2 nitrogen and oxygen atoms in total. The third-order valence-corrected chi connectivity index (χ3v) is 4.11. The molecular weight excluding hydrogens is 228 g/mol. The van der Waals surface area contributed by atoms with Gasteiger partial charge in [0.1, 0.15) is 0 Å². The van der Waals surface area contributed by atoms with Gasteiger partial charge in [0.25, 0.3) is 0 Å². The predicted molar refractivity (Wildman–Crippen MR) is 64.3 cm³/mol. The number of fused-ring (bicyclic) bond motifs is 1. The Morgan fingerprint density at radius 2 is 2.13 bits per heavy atom. The number of allylic oxidation sites excluding steroid dienone is 2. The fourth-order valence-electron chi connectivity index (χ4n) is 1.52. The monoisotopic (exact) mass is 236 g/mol. The van der Waals surface area contributed by atoms with Crippen LogP contribution in [0.5, 0.6) is 0 Å². The largest absolute Gasteiger partial charge is 0.285 e. The van der Waals surface area contributed by atoms with Crippen LogP contribution in [-0.2, 0) is 4.79 Å². The van der Waals surface area contributed by atoms with E-state index in [1.165, 1.54) is 29.2 Å². The summed E-state index contributed by atoms with van der Waals surface area (Å²) in [4.78, 5) is 25.1. The van der Waals surface area contributed by atoms with E-state index in [0.717, 1.165) is 9.78 Å². The molecule has 15 heavy (non-hydrogen) atoms. The van der Waals surface area contributed by atoms with E-state index < -0.39 is 11.6 Å². The Balaban J connectivity index is 2.75. The second-order valence-corrected chi connectivity index (χ2v) is 4.71. The maximum atomic E-state index is 11.7. The summed E-state index contributed by atoms with van der Waals surface area (Å²) in [7, 11) is 0. The van der Waals surface area contributed by atoms with Gasteiger partial charge in [-0.1, -0.05) is 12.7 Å². The lowest BCUT2D eigenvalue weighted by Gasteiger charge is -2.14. The molecule has 0 atom stereocenters. The molecule has 1 aromatic rings. The van der Waals surface area contributed by atoms with E-state index in [-0.39, 0.29) is 0 Å². The fraction of sp³-hybridized carbons (Fsp3) is 0.0909. The number of rotatable bonds is 2. The lowest BCUT2D eigenvalue weighted by molar-refractivity contribution is -0.111. The maximum absolute atomic E-state index is 11.7. The smallest absolute Gasteiger partial charge is 0.235 e. The van der Waals surface area contributed by atoms with Gasteiger partial charge in [0, 0.05) is 16.0 Å². The van der Waals surface area contributed by atoms with Crippen molar-refractivity contribution < 1.29 is 9.59 Å². The summed E-state index contributed by atoms with van der Waals surface area (Å²) in [5.74, 6) is -0.862. The molecule has 1 aromatic heterocycles. The summed E-state index contributed by atoms with van der Waals surface area (Å²) in [6.07, 6.45) is 3.36. The molecule has 0 aliphatic heterocycles. The van der Waals surface area contributed by atoms with Crippen LogP contribution < -0.4 is 0 Å². The lowest BCUT2D eigenvalue weighted by Crippen LogP contribution is -2.20. The van der Waals surface area contributed by atoms with Gasteiger partial charge >= 0.3 is 0 Å². The first-order chi connectivity index (χ1) is 7.20. The zero-order valence-electron chi connectivity index (χ0n) is 8.07. The summed E-state index contributed by atoms with van der Waals surface area (Å²) in [6, 6.07) is 1.70. The van der Waals surface area contributed by atoms with Crippen LogP contribution in [0.1, 0.15) is 15.2 Å². The van der Waals surface area contributed by atoms with Crippen LogP contribution >= 0.6 is 23.1 Å². The Morgan fingerprint density at radius 1 is 1.40 bits per heavy atom. The minimum absolute atomic E-state index is 0.418. The Bertz CT molecular complexity index is 494. The van der Waals surface area contributed by atoms with E-state index in [1.807, 2.05) is 11.6 Å². The van der Waals surface area contributed by atoms with Gasteiger partial charge in [0.05, 0.1) is 4.88 Å². The third kappa shape index (κ3) is 1.41. The topological polar surface area (TPSA) is 34.1 Å². The second-order valence-electron chi connectivity index (χ2n) is 2.97. The first-order valence-corrected chi connectivity index (χ1v) is 6.38. The van der Waals surface area contributed by atoms with Crippen LogP contribution in [0.3, 0.4) is 0 Å². The van der Waals surface area contributed by atoms with Crippen molar-refractivity contribution in [3.63, 3.8) is 0 Å². The minimum Gasteiger partial charge on any atom is -0.285 e. The molecule has 4 heteroatoms. The van der Waals surface area contributed by atoms with Crippen LogP contribution in [0.15, 0.2) is 29.7 Å². The van der Waals surface area contributed by atoms with E-state index in [2.05, 4.69) is 6.58 Å². The highest BCUT2D eigenvalue weighted by Gasteiger charge is 2.31. The van der Waals surface area contributed by atoms with Crippen LogP contribution in [0.25, 0.3) is 4.91 Å². The van der Waals surface area contributed by atoms with Gasteiger partial charge in [-0.25, -0.2) is 0 Å². The van der Waals surface area contributed by atoms with Crippen molar-refractivity contribution in [1.82, 2.24) is 0 Å². The Kier molecular flexibility index (Phi) is 2.63. The maximum Gasteiger partial charge on any atom is 0.235 e. The number of thiophene rings is 1. The first kappa shape index (κ1) is 10.4. The zero-order valence-corrected chi connectivity index (χ0v) is 9.71. The molecule has 0 bridgehead atoms. The second kappa shape index (κ2) is 3.79. The molecule has 2 rings (SSSR count). The van der Waals surface area contributed by atoms with Crippen molar-refractivity contribution in [2.45, 2.75) is 0 Å². The molecule has 0 unspecified atom stereocenters. The van der Waals surface area contributed by atoms with Crippen molar-refractivity contribution in [2.75, 3.05) is 6.26 Å². The summed E-state index contributed by atoms with van der Waals surface area (Å²) in [6.45, 7) is 3.59. The van der Waals surface area contributed by atoms with Gasteiger partial charge in [-0.15, -0.1) is 23.1 Å². The normalized spacial score (nSPS) is 15.5. The van der Waals surface area contributed by atoms with Crippen LogP contribution in [0, 0.1) is 0 Å². The Hall–Kier alpha value is -1.13. The first-order valence-electron chi connectivity index (χ1n) is 4.28. The number of Topliss-reactive ketones (excluding diaryl/α,β-unsaturated/α-hetero) is 2.